The average Bonchev–Trinajstić information content (AvgIpc) is 2.61. The molecule has 25 heavy (non-hydrogen) atoms. The molecule has 1 N–H and O–H groups in total. The quantitative estimate of drug-likeness (QED) is 0.735. The fourth-order valence-electron chi connectivity index (χ4n) is 2.33. The lowest BCUT2D eigenvalue weighted by atomic mass is 10.1. The molecule has 0 aliphatic rings. The number of carbonyl (C=O) groups is 1. The Hall–Kier alpha value is -3.66. The first-order valence-corrected chi connectivity index (χ1v) is 7.12. The Bertz CT molecular complexity index is 1030. The smallest absolute Gasteiger partial charge is 0.360 e. The van der Waals surface area contributed by atoms with Crippen molar-refractivity contribution in [1.29, 1.82) is 5.26 Å². The normalized spacial score (nSPS) is 10.3. The van der Waals surface area contributed by atoms with Crippen molar-refractivity contribution in [3.8, 4) is 23.3 Å². The van der Waals surface area contributed by atoms with Crippen LogP contribution in [0.2, 0.25) is 0 Å². The van der Waals surface area contributed by atoms with Crippen LogP contribution >= 0.6 is 0 Å². The molecule has 0 spiro atoms. The van der Waals surface area contributed by atoms with Gasteiger partial charge in [-0.25, -0.2) is 14.2 Å². The van der Waals surface area contributed by atoms with Crippen LogP contribution in [0.5, 0.6) is 17.2 Å². The second kappa shape index (κ2) is 6.45. The third-order valence-electron chi connectivity index (χ3n) is 3.47. The standard InChI is InChI=1S/C18H11FN2O4/c1-24-18(23)16-17(22)13-6-5-12(8-14(13)15(9-20)21-16)25-11-4-2-3-10(19)7-11/h2-8,22H,1H3. The minimum Gasteiger partial charge on any atom is -0.505 e. The van der Waals surface area contributed by atoms with Gasteiger partial charge in [0.25, 0.3) is 0 Å². The van der Waals surface area contributed by atoms with Crippen molar-refractivity contribution >= 4 is 16.7 Å². The van der Waals surface area contributed by atoms with Gasteiger partial charge in [-0.2, -0.15) is 5.26 Å². The number of nitrogens with zero attached hydrogens (tertiary/aromatic N) is 2. The first-order valence-electron chi connectivity index (χ1n) is 7.12. The lowest BCUT2D eigenvalue weighted by Crippen LogP contribution is -2.06. The Labute approximate surface area is 141 Å². The molecule has 0 saturated heterocycles. The molecule has 0 amide bonds. The lowest BCUT2D eigenvalue weighted by molar-refractivity contribution is 0.0590. The highest BCUT2D eigenvalue weighted by Gasteiger charge is 2.20. The predicted molar refractivity (Wildman–Crippen MR) is 85.9 cm³/mol. The minimum absolute atomic E-state index is 0.0714. The molecule has 6 nitrogen and oxygen atoms in total. The molecule has 0 saturated carbocycles. The number of aromatic nitrogens is 1. The molecular weight excluding hydrogens is 327 g/mol. The number of benzene rings is 2. The maximum Gasteiger partial charge on any atom is 0.360 e. The van der Waals surface area contributed by atoms with Crippen LogP contribution in [-0.2, 0) is 4.74 Å². The van der Waals surface area contributed by atoms with Crippen molar-refractivity contribution in [2.45, 2.75) is 0 Å². The van der Waals surface area contributed by atoms with Crippen LogP contribution < -0.4 is 4.74 Å². The highest BCUT2D eigenvalue weighted by Crippen LogP contribution is 2.33. The van der Waals surface area contributed by atoms with Gasteiger partial charge in [0.15, 0.2) is 11.4 Å². The summed E-state index contributed by atoms with van der Waals surface area (Å²) in [6, 6.07) is 11.9. The largest absolute Gasteiger partial charge is 0.505 e. The minimum atomic E-state index is -0.851. The number of rotatable bonds is 3. The fraction of sp³-hybridized carbons (Fsp3) is 0.0556. The molecule has 124 valence electrons. The van der Waals surface area contributed by atoms with Crippen LogP contribution in [0.4, 0.5) is 4.39 Å². The van der Waals surface area contributed by atoms with Crippen LogP contribution in [0.25, 0.3) is 10.8 Å². The van der Waals surface area contributed by atoms with Crippen LogP contribution in [-0.4, -0.2) is 23.2 Å². The first-order chi connectivity index (χ1) is 12.0. The molecule has 3 rings (SSSR count). The van der Waals surface area contributed by atoms with Gasteiger partial charge in [-0.1, -0.05) is 6.07 Å². The highest BCUT2D eigenvalue weighted by molar-refractivity contribution is 6.01. The zero-order chi connectivity index (χ0) is 18.0. The summed E-state index contributed by atoms with van der Waals surface area (Å²) in [6.07, 6.45) is 0. The van der Waals surface area contributed by atoms with E-state index in [1.807, 2.05) is 6.07 Å². The van der Waals surface area contributed by atoms with Crippen molar-refractivity contribution in [1.82, 2.24) is 4.98 Å². The zero-order valence-electron chi connectivity index (χ0n) is 13.0. The summed E-state index contributed by atoms with van der Waals surface area (Å²) < 4.78 is 23.3. The molecule has 0 fully saturated rings. The second-order valence-electron chi connectivity index (χ2n) is 5.03. The first kappa shape index (κ1) is 16.2. The lowest BCUT2D eigenvalue weighted by Gasteiger charge is -2.10. The second-order valence-corrected chi connectivity index (χ2v) is 5.03. The molecule has 0 bridgehead atoms. The number of nitriles is 1. The van der Waals surface area contributed by atoms with Gasteiger partial charge in [0.2, 0.25) is 0 Å². The number of hydrogen-bond donors (Lipinski definition) is 1. The van der Waals surface area contributed by atoms with Crippen molar-refractivity contribution in [2.75, 3.05) is 7.11 Å². The van der Waals surface area contributed by atoms with E-state index in [2.05, 4.69) is 9.72 Å². The van der Waals surface area contributed by atoms with Crippen molar-refractivity contribution in [2.24, 2.45) is 0 Å². The predicted octanol–water partition coefficient (Wildman–Crippen LogP) is 3.53. The van der Waals surface area contributed by atoms with Crippen LogP contribution in [0.3, 0.4) is 0 Å². The highest BCUT2D eigenvalue weighted by atomic mass is 19.1. The summed E-state index contributed by atoms with van der Waals surface area (Å²) in [5.41, 5.74) is -0.414. The number of aromatic hydroxyl groups is 1. The Morgan fingerprint density at radius 2 is 1.96 bits per heavy atom. The van der Waals surface area contributed by atoms with E-state index in [1.54, 1.807) is 6.07 Å². The zero-order valence-corrected chi connectivity index (χ0v) is 13.0. The number of fused-ring (bicyclic) bond motifs is 1. The molecule has 0 radical (unpaired) electrons. The van der Waals surface area contributed by atoms with E-state index in [9.17, 15) is 19.6 Å². The molecule has 7 heteroatoms. The van der Waals surface area contributed by atoms with E-state index in [1.165, 1.54) is 36.4 Å². The topological polar surface area (TPSA) is 92.4 Å². The number of hydrogen-bond acceptors (Lipinski definition) is 6. The molecule has 1 aromatic heterocycles. The molecule has 3 aromatic rings. The third kappa shape index (κ3) is 3.05. The molecule has 0 aliphatic carbocycles. The van der Waals surface area contributed by atoms with Gasteiger partial charge >= 0.3 is 5.97 Å². The Morgan fingerprint density at radius 1 is 1.20 bits per heavy atom. The molecule has 0 aliphatic heterocycles. The van der Waals surface area contributed by atoms with Gasteiger partial charge in [0.1, 0.15) is 29.1 Å². The van der Waals surface area contributed by atoms with Crippen LogP contribution in [0.15, 0.2) is 42.5 Å². The number of methoxy groups -OCH3 is 1. The van der Waals surface area contributed by atoms with Gasteiger partial charge in [-0.3, -0.25) is 0 Å². The number of pyridine rings is 1. The number of carbonyl (C=O) groups excluding carboxylic acids is 1. The summed E-state index contributed by atoms with van der Waals surface area (Å²) in [7, 11) is 1.15. The van der Waals surface area contributed by atoms with E-state index < -0.39 is 17.5 Å². The molecular formula is C18H11FN2O4. The molecule has 0 atom stereocenters. The summed E-state index contributed by atoms with van der Waals surface area (Å²) in [4.78, 5) is 15.5. The van der Waals surface area contributed by atoms with E-state index in [0.717, 1.165) is 7.11 Å². The van der Waals surface area contributed by atoms with Gasteiger partial charge in [-0.05, 0) is 30.3 Å². The Kier molecular flexibility index (Phi) is 4.18. The monoisotopic (exact) mass is 338 g/mol. The van der Waals surface area contributed by atoms with E-state index in [-0.39, 0.29) is 22.5 Å². The maximum absolute atomic E-state index is 13.2. The van der Waals surface area contributed by atoms with E-state index in [4.69, 9.17) is 4.74 Å². The van der Waals surface area contributed by atoms with Gasteiger partial charge < -0.3 is 14.6 Å². The Morgan fingerprint density at radius 3 is 2.64 bits per heavy atom. The Balaban J connectivity index is 2.11. The number of halogens is 1. The van der Waals surface area contributed by atoms with Crippen molar-refractivity contribution in [3.05, 3.63) is 59.7 Å². The summed E-state index contributed by atoms with van der Waals surface area (Å²) in [5.74, 6) is -1.09. The van der Waals surface area contributed by atoms with Crippen molar-refractivity contribution in [3.63, 3.8) is 0 Å². The molecule has 2 aromatic carbocycles. The van der Waals surface area contributed by atoms with Gasteiger partial charge in [0.05, 0.1) is 7.11 Å². The third-order valence-corrected chi connectivity index (χ3v) is 3.47. The van der Waals surface area contributed by atoms with Crippen molar-refractivity contribution < 1.29 is 23.8 Å². The number of esters is 1. The van der Waals surface area contributed by atoms with Gasteiger partial charge in [-0.15, -0.1) is 0 Å². The maximum atomic E-state index is 13.2. The van der Waals surface area contributed by atoms with Crippen LogP contribution in [0.1, 0.15) is 16.2 Å². The van der Waals surface area contributed by atoms with Gasteiger partial charge in [0, 0.05) is 16.8 Å². The number of ether oxygens (including phenoxy) is 2. The molecule has 0 unspecified atom stereocenters. The van der Waals surface area contributed by atoms with Crippen LogP contribution in [0, 0.1) is 17.1 Å². The summed E-state index contributed by atoms with van der Waals surface area (Å²) in [6.45, 7) is 0. The average molecular weight is 338 g/mol. The summed E-state index contributed by atoms with van der Waals surface area (Å²) >= 11 is 0. The molecule has 1 heterocycles. The fourth-order valence-corrected chi connectivity index (χ4v) is 2.33. The van der Waals surface area contributed by atoms with E-state index in [0.29, 0.717) is 11.1 Å². The van der Waals surface area contributed by atoms with E-state index >= 15 is 0 Å². The summed E-state index contributed by atoms with van der Waals surface area (Å²) in [5, 5.41) is 20.1. The SMILES string of the molecule is COC(=O)c1nc(C#N)c2cc(Oc3cccc(F)c3)ccc2c1O.